The smallest absolute Gasteiger partial charge is 0.236 e. The highest BCUT2D eigenvalue weighted by Crippen LogP contribution is 2.46. The van der Waals surface area contributed by atoms with Crippen molar-refractivity contribution < 1.29 is 4.79 Å². The fraction of sp³-hybridized carbons (Fsp3) is 0.478. The van der Waals surface area contributed by atoms with Crippen molar-refractivity contribution in [3.8, 4) is 5.69 Å². The number of rotatable bonds is 7. The Bertz CT molecular complexity index is 1090. The Morgan fingerprint density at radius 1 is 1.13 bits per heavy atom. The molecule has 8 heteroatoms. The van der Waals surface area contributed by atoms with Gasteiger partial charge < -0.3 is 9.88 Å². The van der Waals surface area contributed by atoms with Gasteiger partial charge in [0.25, 0.3) is 0 Å². The number of thioether (sulfide) groups is 1. The van der Waals surface area contributed by atoms with Crippen LogP contribution in [0.5, 0.6) is 0 Å². The van der Waals surface area contributed by atoms with Gasteiger partial charge in [0.2, 0.25) is 5.91 Å². The Balaban J connectivity index is 1.32. The van der Waals surface area contributed by atoms with Gasteiger partial charge >= 0.3 is 0 Å². The summed E-state index contributed by atoms with van der Waals surface area (Å²) in [5.41, 5.74) is 1.74. The van der Waals surface area contributed by atoms with Crippen LogP contribution in [0.25, 0.3) is 5.69 Å². The standard InChI is InChI=1S/C23H28N6OS/c1-23(2,3)18-13-19(29(27-18)17-7-5-4-6-8-17)24-20(30)14-31-22-26-25-21(15-9-10-15)28(22)16-11-12-16/h4-8,13,15-16H,9-12,14H2,1-3H3,(H,24,30). The Morgan fingerprint density at radius 3 is 2.52 bits per heavy atom. The van der Waals surface area contributed by atoms with Crippen molar-refractivity contribution in [2.45, 2.75) is 69.0 Å². The highest BCUT2D eigenvalue weighted by atomic mass is 32.2. The third-order valence-corrected chi connectivity index (χ3v) is 6.57. The van der Waals surface area contributed by atoms with Crippen LogP contribution in [-0.2, 0) is 10.2 Å². The van der Waals surface area contributed by atoms with E-state index in [4.69, 9.17) is 5.10 Å². The molecule has 0 aliphatic heterocycles. The largest absolute Gasteiger partial charge is 0.310 e. The molecule has 7 nitrogen and oxygen atoms in total. The Kier molecular flexibility index (Phi) is 5.12. The van der Waals surface area contributed by atoms with Gasteiger partial charge in [-0.05, 0) is 37.8 Å². The third-order valence-electron chi connectivity index (χ3n) is 5.62. The van der Waals surface area contributed by atoms with Crippen LogP contribution in [0, 0.1) is 0 Å². The van der Waals surface area contributed by atoms with Gasteiger partial charge in [-0.3, -0.25) is 4.79 Å². The molecule has 5 rings (SSSR count). The van der Waals surface area contributed by atoms with E-state index in [0.717, 1.165) is 22.4 Å². The number of carbonyl (C=O) groups excluding carboxylic acids is 1. The van der Waals surface area contributed by atoms with E-state index in [1.165, 1.54) is 37.4 Å². The lowest BCUT2D eigenvalue weighted by Crippen LogP contribution is -2.17. The number of carbonyl (C=O) groups is 1. The SMILES string of the molecule is CC(C)(C)c1cc(NC(=O)CSc2nnc(C3CC3)n2C2CC2)n(-c2ccccc2)n1. The van der Waals surface area contributed by atoms with Gasteiger partial charge in [0.15, 0.2) is 5.16 Å². The van der Waals surface area contributed by atoms with E-state index in [-0.39, 0.29) is 11.3 Å². The Hall–Kier alpha value is -2.61. The van der Waals surface area contributed by atoms with Gasteiger partial charge in [-0.15, -0.1) is 10.2 Å². The molecule has 0 radical (unpaired) electrons. The molecule has 0 atom stereocenters. The molecule has 31 heavy (non-hydrogen) atoms. The first kappa shape index (κ1) is 20.3. The Labute approximate surface area is 186 Å². The maximum Gasteiger partial charge on any atom is 0.236 e. The predicted octanol–water partition coefficient (Wildman–Crippen LogP) is 4.70. The van der Waals surface area contributed by atoms with Crippen LogP contribution >= 0.6 is 11.8 Å². The monoisotopic (exact) mass is 436 g/mol. The van der Waals surface area contributed by atoms with Crippen LogP contribution < -0.4 is 5.32 Å². The topological polar surface area (TPSA) is 77.6 Å². The molecule has 3 aromatic rings. The van der Waals surface area contributed by atoms with Gasteiger partial charge in [0, 0.05) is 23.4 Å². The lowest BCUT2D eigenvalue weighted by atomic mass is 9.92. The van der Waals surface area contributed by atoms with E-state index >= 15 is 0 Å². The number of hydrogen-bond donors (Lipinski definition) is 1. The zero-order chi connectivity index (χ0) is 21.6. The molecule has 1 aromatic carbocycles. The fourth-order valence-corrected chi connectivity index (χ4v) is 4.41. The second-order valence-electron chi connectivity index (χ2n) is 9.47. The summed E-state index contributed by atoms with van der Waals surface area (Å²) in [4.78, 5) is 12.8. The van der Waals surface area contributed by atoms with Gasteiger partial charge in [-0.2, -0.15) is 5.10 Å². The van der Waals surface area contributed by atoms with Crippen LogP contribution in [0.1, 0.15) is 69.9 Å². The lowest BCUT2D eigenvalue weighted by Gasteiger charge is -2.14. The van der Waals surface area contributed by atoms with Crippen molar-refractivity contribution in [1.82, 2.24) is 24.5 Å². The fourth-order valence-electron chi connectivity index (χ4n) is 3.59. The molecule has 1 amide bonds. The minimum absolute atomic E-state index is 0.0686. The molecule has 0 spiro atoms. The van der Waals surface area contributed by atoms with Crippen LogP contribution in [-0.4, -0.2) is 36.2 Å². The average Bonchev–Trinajstić information content (AvgIpc) is 3.67. The van der Waals surface area contributed by atoms with E-state index in [2.05, 4.69) is 40.9 Å². The number of nitrogens with one attached hydrogen (secondary N) is 1. The highest BCUT2D eigenvalue weighted by molar-refractivity contribution is 7.99. The van der Waals surface area contributed by atoms with Crippen molar-refractivity contribution in [3.05, 3.63) is 47.9 Å². The lowest BCUT2D eigenvalue weighted by molar-refractivity contribution is -0.113. The quantitative estimate of drug-likeness (QED) is 0.543. The van der Waals surface area contributed by atoms with Crippen LogP contribution in [0.3, 0.4) is 0 Å². The van der Waals surface area contributed by atoms with Crippen molar-refractivity contribution >= 4 is 23.5 Å². The van der Waals surface area contributed by atoms with Crippen molar-refractivity contribution in [2.24, 2.45) is 0 Å². The summed E-state index contributed by atoms with van der Waals surface area (Å²) in [5.74, 6) is 2.58. The molecule has 0 saturated heterocycles. The summed E-state index contributed by atoms with van der Waals surface area (Å²) in [6, 6.07) is 12.4. The van der Waals surface area contributed by atoms with E-state index in [1.54, 1.807) is 4.68 Å². The number of nitrogens with zero attached hydrogens (tertiary/aromatic N) is 5. The van der Waals surface area contributed by atoms with Gasteiger partial charge in [-0.1, -0.05) is 50.7 Å². The van der Waals surface area contributed by atoms with E-state index < -0.39 is 0 Å². The number of aromatic nitrogens is 5. The summed E-state index contributed by atoms with van der Waals surface area (Å²) < 4.78 is 4.09. The van der Waals surface area contributed by atoms with E-state index in [9.17, 15) is 4.79 Å². The molecule has 2 fully saturated rings. The van der Waals surface area contributed by atoms with Crippen molar-refractivity contribution in [3.63, 3.8) is 0 Å². The zero-order valence-electron chi connectivity index (χ0n) is 18.2. The summed E-state index contributed by atoms with van der Waals surface area (Å²) in [5, 5.41) is 17.5. The van der Waals surface area contributed by atoms with Crippen molar-refractivity contribution in [2.75, 3.05) is 11.1 Å². The highest BCUT2D eigenvalue weighted by Gasteiger charge is 2.36. The summed E-state index contributed by atoms with van der Waals surface area (Å²) in [6.45, 7) is 6.36. The van der Waals surface area contributed by atoms with Gasteiger partial charge in [0.1, 0.15) is 11.6 Å². The minimum atomic E-state index is -0.117. The molecule has 1 N–H and O–H groups in total. The molecule has 2 aromatic heterocycles. The summed E-state index contributed by atoms with van der Waals surface area (Å²) >= 11 is 1.47. The van der Waals surface area contributed by atoms with E-state index in [0.29, 0.717) is 23.5 Å². The molecule has 2 saturated carbocycles. The molecule has 0 unspecified atom stereocenters. The molecule has 2 heterocycles. The normalized spacial score (nSPS) is 16.5. The number of amides is 1. The van der Waals surface area contributed by atoms with Crippen LogP contribution in [0.4, 0.5) is 5.82 Å². The third kappa shape index (κ3) is 4.39. The number of hydrogen-bond acceptors (Lipinski definition) is 5. The average molecular weight is 437 g/mol. The first-order valence-corrected chi connectivity index (χ1v) is 11.9. The Morgan fingerprint density at radius 2 is 1.87 bits per heavy atom. The van der Waals surface area contributed by atoms with Gasteiger partial charge in [-0.25, -0.2) is 4.68 Å². The molecule has 2 aliphatic carbocycles. The maximum absolute atomic E-state index is 12.8. The first-order chi connectivity index (χ1) is 14.9. The first-order valence-electron chi connectivity index (χ1n) is 10.9. The number of benzene rings is 1. The van der Waals surface area contributed by atoms with Gasteiger partial charge in [0.05, 0.1) is 17.1 Å². The minimum Gasteiger partial charge on any atom is -0.310 e. The summed E-state index contributed by atoms with van der Waals surface area (Å²) in [6.07, 6.45) is 4.78. The number of para-hydroxylation sites is 1. The second kappa shape index (κ2) is 7.82. The predicted molar refractivity (Wildman–Crippen MR) is 122 cm³/mol. The second-order valence-corrected chi connectivity index (χ2v) is 10.4. The molecule has 0 bridgehead atoms. The molecular weight excluding hydrogens is 408 g/mol. The van der Waals surface area contributed by atoms with Crippen molar-refractivity contribution in [1.29, 1.82) is 0 Å². The summed E-state index contributed by atoms with van der Waals surface area (Å²) in [7, 11) is 0. The molecule has 162 valence electrons. The molecule has 2 aliphatic rings. The van der Waals surface area contributed by atoms with Crippen LogP contribution in [0.2, 0.25) is 0 Å². The van der Waals surface area contributed by atoms with Crippen LogP contribution in [0.15, 0.2) is 41.6 Å². The zero-order valence-corrected chi connectivity index (χ0v) is 19.0. The molecular formula is C23H28N6OS. The maximum atomic E-state index is 12.8. The number of anilines is 1. The van der Waals surface area contributed by atoms with E-state index in [1.807, 2.05) is 36.4 Å².